The zero-order valence-corrected chi connectivity index (χ0v) is 13.2. The summed E-state index contributed by atoms with van der Waals surface area (Å²) in [6, 6.07) is 8.90. The SMILES string of the molecule is CC(C)Oc1ccc(C(N)CN(C)C(C)C2CC2)cc1. The molecule has 0 bridgehead atoms. The Morgan fingerprint density at radius 3 is 2.30 bits per heavy atom. The van der Waals surface area contributed by atoms with Crippen LogP contribution in [0.5, 0.6) is 5.75 Å². The molecule has 0 amide bonds. The maximum absolute atomic E-state index is 6.32. The van der Waals surface area contributed by atoms with Crippen molar-refractivity contribution in [3.63, 3.8) is 0 Å². The summed E-state index contributed by atoms with van der Waals surface area (Å²) in [4.78, 5) is 2.39. The number of hydrogen-bond acceptors (Lipinski definition) is 3. The number of benzene rings is 1. The molecule has 0 radical (unpaired) electrons. The highest BCUT2D eigenvalue weighted by Crippen LogP contribution is 2.35. The molecule has 2 rings (SSSR count). The molecule has 1 aliphatic carbocycles. The fourth-order valence-corrected chi connectivity index (χ4v) is 2.59. The van der Waals surface area contributed by atoms with Crippen molar-refractivity contribution >= 4 is 0 Å². The topological polar surface area (TPSA) is 38.5 Å². The van der Waals surface area contributed by atoms with Gasteiger partial charge in [0.2, 0.25) is 0 Å². The van der Waals surface area contributed by atoms with Crippen molar-refractivity contribution < 1.29 is 4.74 Å². The van der Waals surface area contributed by atoms with E-state index in [1.165, 1.54) is 18.4 Å². The Bertz CT molecular complexity index is 412. The number of likely N-dealkylation sites (N-methyl/N-ethyl adjacent to an activating group) is 1. The largest absolute Gasteiger partial charge is 0.491 e. The third kappa shape index (κ3) is 4.22. The van der Waals surface area contributed by atoms with E-state index in [1.54, 1.807) is 0 Å². The Hall–Kier alpha value is -1.06. The quantitative estimate of drug-likeness (QED) is 0.831. The van der Waals surface area contributed by atoms with E-state index in [4.69, 9.17) is 10.5 Å². The lowest BCUT2D eigenvalue weighted by Gasteiger charge is -2.27. The standard InChI is InChI=1S/C17H28N2O/c1-12(2)20-16-9-7-15(8-10-16)17(18)11-19(4)13(3)14-5-6-14/h7-10,12-14,17H,5-6,11,18H2,1-4H3. The molecule has 3 heteroatoms. The van der Waals surface area contributed by atoms with Crippen molar-refractivity contribution in [3.8, 4) is 5.75 Å². The van der Waals surface area contributed by atoms with Gasteiger partial charge in [-0.3, -0.25) is 0 Å². The van der Waals surface area contributed by atoms with Crippen LogP contribution in [0, 0.1) is 5.92 Å². The molecule has 1 fully saturated rings. The van der Waals surface area contributed by atoms with E-state index < -0.39 is 0 Å². The minimum Gasteiger partial charge on any atom is -0.491 e. The molecule has 3 nitrogen and oxygen atoms in total. The van der Waals surface area contributed by atoms with Gasteiger partial charge in [-0.25, -0.2) is 0 Å². The van der Waals surface area contributed by atoms with Crippen LogP contribution in [0.2, 0.25) is 0 Å². The lowest BCUT2D eigenvalue weighted by Crippen LogP contribution is -2.36. The first-order chi connectivity index (χ1) is 9.47. The number of rotatable bonds is 7. The second-order valence-corrected chi connectivity index (χ2v) is 6.36. The fourth-order valence-electron chi connectivity index (χ4n) is 2.59. The maximum atomic E-state index is 6.32. The van der Waals surface area contributed by atoms with E-state index in [0.29, 0.717) is 6.04 Å². The molecule has 20 heavy (non-hydrogen) atoms. The second-order valence-electron chi connectivity index (χ2n) is 6.36. The zero-order valence-electron chi connectivity index (χ0n) is 13.2. The molecule has 0 aromatic heterocycles. The van der Waals surface area contributed by atoms with Crippen LogP contribution in [0.1, 0.15) is 45.2 Å². The number of nitrogens with zero attached hydrogens (tertiary/aromatic N) is 1. The molecule has 1 aromatic rings. The van der Waals surface area contributed by atoms with Gasteiger partial charge in [-0.2, -0.15) is 0 Å². The van der Waals surface area contributed by atoms with Crippen LogP contribution >= 0.6 is 0 Å². The summed E-state index contributed by atoms with van der Waals surface area (Å²) >= 11 is 0. The first kappa shape index (κ1) is 15.3. The molecule has 2 atom stereocenters. The van der Waals surface area contributed by atoms with Crippen LogP contribution in [0.15, 0.2) is 24.3 Å². The average molecular weight is 276 g/mol. The minimum atomic E-state index is 0.0642. The molecule has 0 heterocycles. The van der Waals surface area contributed by atoms with Crippen molar-refractivity contribution in [3.05, 3.63) is 29.8 Å². The van der Waals surface area contributed by atoms with Gasteiger partial charge in [-0.1, -0.05) is 12.1 Å². The molecule has 0 spiro atoms. The third-order valence-corrected chi connectivity index (χ3v) is 4.16. The fraction of sp³-hybridized carbons (Fsp3) is 0.647. The van der Waals surface area contributed by atoms with Crippen LogP contribution in [0.25, 0.3) is 0 Å². The summed E-state index contributed by atoms with van der Waals surface area (Å²) in [6.45, 7) is 7.29. The van der Waals surface area contributed by atoms with E-state index >= 15 is 0 Å². The Kier molecular flexibility index (Phi) is 5.06. The van der Waals surface area contributed by atoms with E-state index in [0.717, 1.165) is 18.2 Å². The molecule has 1 aromatic carbocycles. The Balaban J connectivity index is 1.89. The highest BCUT2D eigenvalue weighted by Gasteiger charge is 2.30. The average Bonchev–Trinajstić information content (AvgIpc) is 3.22. The first-order valence-corrected chi connectivity index (χ1v) is 7.69. The minimum absolute atomic E-state index is 0.0642. The van der Waals surface area contributed by atoms with Crippen molar-refractivity contribution in [1.82, 2.24) is 4.90 Å². The lowest BCUT2D eigenvalue weighted by molar-refractivity contribution is 0.221. The lowest BCUT2D eigenvalue weighted by atomic mass is 10.1. The van der Waals surface area contributed by atoms with Crippen molar-refractivity contribution in [2.24, 2.45) is 11.7 Å². The van der Waals surface area contributed by atoms with E-state index in [2.05, 4.69) is 31.0 Å². The van der Waals surface area contributed by atoms with Crippen LogP contribution in [-0.2, 0) is 0 Å². The smallest absolute Gasteiger partial charge is 0.119 e. The van der Waals surface area contributed by atoms with Crippen LogP contribution in [0.3, 0.4) is 0 Å². The maximum Gasteiger partial charge on any atom is 0.119 e. The van der Waals surface area contributed by atoms with Crippen LogP contribution < -0.4 is 10.5 Å². The van der Waals surface area contributed by atoms with Gasteiger partial charge in [0.25, 0.3) is 0 Å². The van der Waals surface area contributed by atoms with Gasteiger partial charge in [0.05, 0.1) is 6.10 Å². The van der Waals surface area contributed by atoms with Gasteiger partial charge in [0.1, 0.15) is 5.75 Å². The number of nitrogens with two attached hydrogens (primary N) is 1. The van der Waals surface area contributed by atoms with Crippen LogP contribution in [0.4, 0.5) is 0 Å². The Morgan fingerprint density at radius 2 is 1.80 bits per heavy atom. The second kappa shape index (κ2) is 6.59. The molecule has 2 unspecified atom stereocenters. The molecule has 1 saturated carbocycles. The van der Waals surface area contributed by atoms with Crippen molar-refractivity contribution in [2.75, 3.05) is 13.6 Å². The van der Waals surface area contributed by atoms with Gasteiger partial charge in [-0.15, -0.1) is 0 Å². The first-order valence-electron chi connectivity index (χ1n) is 7.69. The summed E-state index contributed by atoms with van der Waals surface area (Å²) in [7, 11) is 2.18. The number of hydrogen-bond donors (Lipinski definition) is 1. The van der Waals surface area contributed by atoms with Gasteiger partial charge < -0.3 is 15.4 Å². The summed E-state index contributed by atoms with van der Waals surface area (Å²) in [5.41, 5.74) is 7.50. The summed E-state index contributed by atoms with van der Waals surface area (Å²) in [6.07, 6.45) is 2.96. The van der Waals surface area contributed by atoms with Crippen LogP contribution in [-0.4, -0.2) is 30.6 Å². The van der Waals surface area contributed by atoms with Gasteiger partial charge in [-0.05, 0) is 64.3 Å². The predicted octanol–water partition coefficient (Wildman–Crippen LogP) is 3.20. The Labute approximate surface area is 123 Å². The van der Waals surface area contributed by atoms with Crippen molar-refractivity contribution in [1.29, 1.82) is 0 Å². The molecule has 0 saturated heterocycles. The highest BCUT2D eigenvalue weighted by molar-refractivity contribution is 5.29. The van der Waals surface area contributed by atoms with E-state index in [1.807, 2.05) is 26.0 Å². The molecule has 1 aliphatic rings. The molecule has 2 N–H and O–H groups in total. The predicted molar refractivity (Wildman–Crippen MR) is 84.0 cm³/mol. The zero-order chi connectivity index (χ0) is 14.7. The Morgan fingerprint density at radius 1 is 1.20 bits per heavy atom. The molecule has 0 aliphatic heterocycles. The highest BCUT2D eigenvalue weighted by atomic mass is 16.5. The molecular formula is C17H28N2O. The van der Waals surface area contributed by atoms with E-state index in [-0.39, 0.29) is 12.1 Å². The normalized spacial score (nSPS) is 18.4. The summed E-state index contributed by atoms with van der Waals surface area (Å²) < 4.78 is 5.66. The summed E-state index contributed by atoms with van der Waals surface area (Å²) in [5.74, 6) is 1.80. The van der Waals surface area contributed by atoms with Gasteiger partial charge in [0, 0.05) is 18.6 Å². The van der Waals surface area contributed by atoms with Gasteiger partial charge >= 0.3 is 0 Å². The summed E-state index contributed by atoms with van der Waals surface area (Å²) in [5, 5.41) is 0. The van der Waals surface area contributed by atoms with Crippen molar-refractivity contribution in [2.45, 2.75) is 51.8 Å². The van der Waals surface area contributed by atoms with Gasteiger partial charge in [0.15, 0.2) is 0 Å². The number of ether oxygens (including phenoxy) is 1. The third-order valence-electron chi connectivity index (χ3n) is 4.16. The van der Waals surface area contributed by atoms with E-state index in [9.17, 15) is 0 Å². The molecular weight excluding hydrogens is 248 g/mol. The molecule has 112 valence electrons. The monoisotopic (exact) mass is 276 g/mol.